The van der Waals surface area contributed by atoms with Crippen LogP contribution in [0.3, 0.4) is 0 Å². The van der Waals surface area contributed by atoms with Crippen LogP contribution in [0.1, 0.15) is 39.7 Å². The Morgan fingerprint density at radius 1 is 1.38 bits per heavy atom. The predicted octanol–water partition coefficient (Wildman–Crippen LogP) is 2.67. The van der Waals surface area contributed by atoms with Gasteiger partial charge >= 0.3 is 5.97 Å². The van der Waals surface area contributed by atoms with Crippen molar-refractivity contribution >= 4 is 5.97 Å². The third kappa shape index (κ3) is 3.68. The lowest BCUT2D eigenvalue weighted by atomic mass is 9.76. The molecule has 0 radical (unpaired) electrons. The van der Waals surface area contributed by atoms with Crippen molar-refractivity contribution in [3.8, 4) is 0 Å². The Morgan fingerprint density at radius 3 is 2.46 bits per heavy atom. The summed E-state index contributed by atoms with van der Waals surface area (Å²) < 4.78 is 28.3. The molecule has 1 aromatic heterocycles. The molecule has 0 bridgehead atoms. The molecule has 7 heteroatoms. The molecule has 0 amide bonds. The number of likely N-dealkylation sites (tertiary alicyclic amines) is 1. The quantitative estimate of drug-likeness (QED) is 0.764. The summed E-state index contributed by atoms with van der Waals surface area (Å²) in [5.41, 5.74) is -1.89. The van der Waals surface area contributed by atoms with Crippen molar-refractivity contribution in [1.29, 1.82) is 0 Å². The Hall–Kier alpha value is -1.76. The largest absolute Gasteiger partial charge is 0.479 e. The molecule has 26 heavy (non-hydrogen) atoms. The summed E-state index contributed by atoms with van der Waals surface area (Å²) in [7, 11) is 0. The van der Waals surface area contributed by atoms with Crippen LogP contribution < -0.4 is 5.56 Å². The normalized spacial score (nSPS) is 19.2. The van der Waals surface area contributed by atoms with Gasteiger partial charge in [0.15, 0.2) is 5.82 Å². The number of aliphatic carboxylic acids is 1. The zero-order valence-corrected chi connectivity index (χ0v) is 15.8. The average molecular weight is 370 g/mol. The summed E-state index contributed by atoms with van der Waals surface area (Å²) in [4.78, 5) is 26.6. The van der Waals surface area contributed by atoms with E-state index in [2.05, 4.69) is 0 Å². The van der Waals surface area contributed by atoms with Crippen molar-refractivity contribution in [2.75, 3.05) is 19.6 Å². The zero-order valence-electron chi connectivity index (χ0n) is 15.8. The van der Waals surface area contributed by atoms with Gasteiger partial charge in [-0.15, -0.1) is 0 Å². The summed E-state index contributed by atoms with van der Waals surface area (Å²) in [6, 6.07) is 1.16. The number of alkyl halides is 1. The van der Waals surface area contributed by atoms with E-state index in [1.54, 1.807) is 13.8 Å². The molecular formula is C19H28F2N2O3. The first-order chi connectivity index (χ1) is 12.1. The van der Waals surface area contributed by atoms with Gasteiger partial charge in [-0.1, -0.05) is 27.7 Å². The molecule has 2 atom stereocenters. The fourth-order valence-electron chi connectivity index (χ4n) is 3.72. The number of carboxylic acids is 1. The Morgan fingerprint density at radius 2 is 2.00 bits per heavy atom. The molecular weight excluding hydrogens is 342 g/mol. The number of nitrogens with zero attached hydrogens (tertiary/aromatic N) is 2. The van der Waals surface area contributed by atoms with Gasteiger partial charge in [-0.2, -0.15) is 0 Å². The first-order valence-electron chi connectivity index (χ1n) is 9.14. The fourth-order valence-corrected chi connectivity index (χ4v) is 3.72. The molecule has 1 aromatic rings. The van der Waals surface area contributed by atoms with Crippen molar-refractivity contribution in [3.63, 3.8) is 0 Å². The number of aromatic nitrogens is 1. The molecule has 2 heterocycles. The van der Waals surface area contributed by atoms with Crippen LogP contribution >= 0.6 is 0 Å². The Bertz CT molecular complexity index is 713. The highest BCUT2D eigenvalue weighted by Gasteiger charge is 2.46. The second kappa shape index (κ2) is 7.86. The van der Waals surface area contributed by atoms with E-state index in [-0.39, 0.29) is 18.3 Å². The summed E-state index contributed by atoms with van der Waals surface area (Å²) in [6.45, 7) is 8.53. The minimum absolute atomic E-state index is 0.00718. The highest BCUT2D eigenvalue weighted by Crippen LogP contribution is 2.35. The number of carboxylic acid groups (broad SMARTS) is 1. The van der Waals surface area contributed by atoms with Crippen molar-refractivity contribution in [2.45, 2.75) is 52.2 Å². The fraction of sp³-hybridized carbons (Fsp3) is 0.684. The lowest BCUT2D eigenvalue weighted by Gasteiger charge is -2.39. The van der Waals surface area contributed by atoms with Crippen LogP contribution in [0.5, 0.6) is 0 Å². The van der Waals surface area contributed by atoms with Crippen molar-refractivity contribution in [2.24, 2.45) is 11.8 Å². The van der Waals surface area contributed by atoms with Crippen molar-refractivity contribution in [3.05, 3.63) is 34.0 Å². The van der Waals surface area contributed by atoms with Gasteiger partial charge in [-0.05, 0) is 36.3 Å². The predicted molar refractivity (Wildman–Crippen MR) is 95.6 cm³/mol. The van der Waals surface area contributed by atoms with E-state index in [0.717, 1.165) is 10.6 Å². The molecule has 2 rings (SSSR count). The van der Waals surface area contributed by atoms with Crippen molar-refractivity contribution < 1.29 is 18.7 Å². The molecule has 5 nitrogen and oxygen atoms in total. The molecule has 0 aromatic carbocycles. The summed E-state index contributed by atoms with van der Waals surface area (Å²) in [6.07, 6.45) is 1.25. The van der Waals surface area contributed by atoms with E-state index in [9.17, 15) is 23.5 Å². The second-order valence-electron chi connectivity index (χ2n) is 7.59. The molecule has 0 spiro atoms. The average Bonchev–Trinajstić information content (AvgIpc) is 2.54. The molecule has 1 aliphatic rings. The van der Waals surface area contributed by atoms with Crippen LogP contribution in [-0.2, 0) is 16.8 Å². The highest BCUT2D eigenvalue weighted by atomic mass is 19.1. The first kappa shape index (κ1) is 20.6. The van der Waals surface area contributed by atoms with Gasteiger partial charge in [0.25, 0.3) is 5.56 Å². The van der Waals surface area contributed by atoms with Gasteiger partial charge in [0, 0.05) is 25.8 Å². The molecule has 1 N–H and O–H groups in total. The number of hydrogen-bond donors (Lipinski definition) is 1. The molecule has 1 saturated heterocycles. The zero-order chi connectivity index (χ0) is 19.6. The van der Waals surface area contributed by atoms with E-state index in [1.807, 2.05) is 18.7 Å². The minimum Gasteiger partial charge on any atom is -0.479 e. The van der Waals surface area contributed by atoms with E-state index in [1.165, 1.54) is 6.20 Å². The summed E-state index contributed by atoms with van der Waals surface area (Å²) in [5.74, 6) is -2.47. The van der Waals surface area contributed by atoms with Gasteiger partial charge in [0.05, 0.1) is 0 Å². The van der Waals surface area contributed by atoms with E-state index >= 15 is 0 Å². The topological polar surface area (TPSA) is 62.5 Å². The highest BCUT2D eigenvalue weighted by molar-refractivity contribution is 5.77. The number of rotatable bonds is 8. The molecule has 1 aliphatic heterocycles. The SMILES string of the molecule is CCC(C(=O)O)(C(C)C(C)C)n1cc(CCN2CC(F)C2)cc(F)c1=O. The number of hydrogen-bond acceptors (Lipinski definition) is 3. The van der Waals surface area contributed by atoms with Crippen LogP contribution in [0, 0.1) is 17.7 Å². The monoisotopic (exact) mass is 370 g/mol. The second-order valence-corrected chi connectivity index (χ2v) is 7.59. The van der Waals surface area contributed by atoms with E-state index in [0.29, 0.717) is 31.6 Å². The first-order valence-corrected chi connectivity index (χ1v) is 9.14. The number of pyridine rings is 1. The third-order valence-corrected chi connectivity index (χ3v) is 5.75. The molecule has 2 unspecified atom stereocenters. The number of halogens is 2. The summed E-state index contributed by atoms with van der Waals surface area (Å²) >= 11 is 0. The smallest absolute Gasteiger partial charge is 0.330 e. The standard InChI is InChI=1S/C19H28F2N2O3/c1-5-19(18(25)26,13(4)12(2)3)23-9-14(8-16(21)17(23)24)6-7-22-10-15(20)11-22/h8-9,12-13,15H,5-7,10-11H2,1-4H3,(H,25,26). The van der Waals surface area contributed by atoms with Crippen LogP contribution in [0.25, 0.3) is 0 Å². The Balaban J connectivity index is 2.44. The molecule has 0 saturated carbocycles. The lowest BCUT2D eigenvalue weighted by Crippen LogP contribution is -2.53. The van der Waals surface area contributed by atoms with Crippen LogP contribution in [0.4, 0.5) is 8.78 Å². The van der Waals surface area contributed by atoms with Gasteiger partial charge < -0.3 is 5.11 Å². The summed E-state index contributed by atoms with van der Waals surface area (Å²) in [5, 5.41) is 9.97. The molecule has 1 fully saturated rings. The Kier molecular flexibility index (Phi) is 6.21. The lowest BCUT2D eigenvalue weighted by molar-refractivity contribution is -0.152. The van der Waals surface area contributed by atoms with Crippen molar-refractivity contribution in [1.82, 2.24) is 9.47 Å². The Labute approximate surface area is 152 Å². The molecule has 146 valence electrons. The maximum Gasteiger partial charge on any atom is 0.330 e. The van der Waals surface area contributed by atoms with Crippen LogP contribution in [-0.4, -0.2) is 46.3 Å². The van der Waals surface area contributed by atoms with Gasteiger partial charge in [-0.25, -0.2) is 13.6 Å². The maximum absolute atomic E-state index is 14.3. The van der Waals surface area contributed by atoms with Crippen LogP contribution in [0.15, 0.2) is 17.1 Å². The van der Waals surface area contributed by atoms with E-state index in [4.69, 9.17) is 0 Å². The van der Waals surface area contributed by atoms with Gasteiger partial charge in [-0.3, -0.25) is 14.3 Å². The van der Waals surface area contributed by atoms with Gasteiger partial charge in [0.1, 0.15) is 11.7 Å². The van der Waals surface area contributed by atoms with Crippen LogP contribution in [0.2, 0.25) is 0 Å². The molecule has 0 aliphatic carbocycles. The number of carbonyl (C=O) groups is 1. The van der Waals surface area contributed by atoms with E-state index < -0.39 is 29.1 Å². The third-order valence-electron chi connectivity index (χ3n) is 5.75. The maximum atomic E-state index is 14.3. The van der Waals surface area contributed by atoms with Gasteiger partial charge in [0.2, 0.25) is 0 Å². The minimum atomic E-state index is -1.51.